The molecule has 0 saturated heterocycles. The lowest BCUT2D eigenvalue weighted by Gasteiger charge is -2.09. The van der Waals surface area contributed by atoms with Gasteiger partial charge < -0.3 is 9.52 Å². The molecule has 0 aliphatic heterocycles. The van der Waals surface area contributed by atoms with Crippen LogP contribution in [0, 0.1) is 0 Å². The Hall–Kier alpha value is -1.29. The number of rotatable bonds is 3. The highest BCUT2D eigenvalue weighted by atomic mass is 79.9. The minimum Gasteiger partial charge on any atom is -0.458 e. The molecule has 102 valence electrons. The lowest BCUT2D eigenvalue weighted by Crippen LogP contribution is -2.00. The van der Waals surface area contributed by atoms with E-state index in [-0.39, 0.29) is 0 Å². The fraction of sp³-hybridized carbons (Fsp3) is 0.125. The molecule has 0 aliphatic carbocycles. The Kier molecular flexibility index (Phi) is 3.83. The first kappa shape index (κ1) is 13.7. The molecular formula is C16H12BrClO2. The molecular weight excluding hydrogens is 340 g/mol. The van der Waals surface area contributed by atoms with Crippen LogP contribution in [0.5, 0.6) is 0 Å². The third-order valence-electron chi connectivity index (χ3n) is 3.20. The SMILES string of the molecule is OC(Cc1ccccc1Br)c1cc2cc(Cl)ccc2o1. The van der Waals surface area contributed by atoms with E-state index in [4.69, 9.17) is 16.0 Å². The van der Waals surface area contributed by atoms with Crippen molar-refractivity contribution < 1.29 is 9.52 Å². The Labute approximate surface area is 130 Å². The van der Waals surface area contributed by atoms with Gasteiger partial charge in [0.15, 0.2) is 0 Å². The van der Waals surface area contributed by atoms with Gasteiger partial charge >= 0.3 is 0 Å². The molecule has 3 rings (SSSR count). The smallest absolute Gasteiger partial charge is 0.134 e. The van der Waals surface area contributed by atoms with E-state index in [0.29, 0.717) is 17.2 Å². The summed E-state index contributed by atoms with van der Waals surface area (Å²) in [6.45, 7) is 0. The van der Waals surface area contributed by atoms with E-state index in [1.165, 1.54) is 0 Å². The Morgan fingerprint density at radius 1 is 1.15 bits per heavy atom. The number of fused-ring (bicyclic) bond motifs is 1. The minimum atomic E-state index is -0.681. The van der Waals surface area contributed by atoms with Gasteiger partial charge in [0.1, 0.15) is 17.4 Å². The van der Waals surface area contributed by atoms with Crippen LogP contribution in [0.25, 0.3) is 11.0 Å². The topological polar surface area (TPSA) is 33.4 Å². The van der Waals surface area contributed by atoms with Gasteiger partial charge in [-0.2, -0.15) is 0 Å². The maximum Gasteiger partial charge on any atom is 0.134 e. The predicted octanol–water partition coefficient (Wildman–Crippen LogP) is 5.12. The summed E-state index contributed by atoms with van der Waals surface area (Å²) in [5, 5.41) is 11.9. The molecule has 1 unspecified atom stereocenters. The minimum absolute atomic E-state index is 0.495. The van der Waals surface area contributed by atoms with Crippen molar-refractivity contribution in [3.05, 3.63) is 69.3 Å². The van der Waals surface area contributed by atoms with Crippen molar-refractivity contribution in [1.29, 1.82) is 0 Å². The molecule has 0 radical (unpaired) electrons. The Morgan fingerprint density at radius 2 is 1.95 bits per heavy atom. The molecule has 1 atom stereocenters. The molecule has 2 nitrogen and oxygen atoms in total. The Morgan fingerprint density at radius 3 is 2.75 bits per heavy atom. The number of hydrogen-bond donors (Lipinski definition) is 1. The van der Waals surface area contributed by atoms with E-state index in [1.807, 2.05) is 42.5 Å². The van der Waals surface area contributed by atoms with Crippen LogP contribution in [0.1, 0.15) is 17.4 Å². The van der Waals surface area contributed by atoms with E-state index in [0.717, 1.165) is 21.0 Å². The molecule has 0 fully saturated rings. The second-order valence-electron chi connectivity index (χ2n) is 4.64. The van der Waals surface area contributed by atoms with Gasteiger partial charge in [-0.15, -0.1) is 0 Å². The lowest BCUT2D eigenvalue weighted by atomic mass is 10.1. The number of aliphatic hydroxyl groups excluding tert-OH is 1. The summed E-state index contributed by atoms with van der Waals surface area (Å²) in [6, 6.07) is 15.1. The highest BCUT2D eigenvalue weighted by Crippen LogP contribution is 2.29. The highest BCUT2D eigenvalue weighted by molar-refractivity contribution is 9.10. The average Bonchev–Trinajstić information content (AvgIpc) is 2.84. The number of aliphatic hydroxyl groups is 1. The van der Waals surface area contributed by atoms with E-state index in [1.54, 1.807) is 6.07 Å². The molecule has 0 aliphatic rings. The molecule has 4 heteroatoms. The number of halogens is 2. The zero-order valence-electron chi connectivity index (χ0n) is 10.5. The summed E-state index contributed by atoms with van der Waals surface area (Å²) in [7, 11) is 0. The fourth-order valence-electron chi connectivity index (χ4n) is 2.17. The van der Waals surface area contributed by atoms with Crippen LogP contribution in [0.2, 0.25) is 5.02 Å². The van der Waals surface area contributed by atoms with Crippen molar-refractivity contribution in [1.82, 2.24) is 0 Å². The van der Waals surface area contributed by atoms with Crippen molar-refractivity contribution in [3.63, 3.8) is 0 Å². The summed E-state index contributed by atoms with van der Waals surface area (Å²) in [5.74, 6) is 0.554. The number of benzene rings is 2. The van der Waals surface area contributed by atoms with Crippen molar-refractivity contribution >= 4 is 38.5 Å². The van der Waals surface area contributed by atoms with E-state index in [9.17, 15) is 5.11 Å². The molecule has 0 saturated carbocycles. The van der Waals surface area contributed by atoms with Crippen molar-refractivity contribution in [2.24, 2.45) is 0 Å². The predicted molar refractivity (Wildman–Crippen MR) is 84.0 cm³/mol. The second kappa shape index (κ2) is 5.60. The van der Waals surface area contributed by atoms with Crippen LogP contribution >= 0.6 is 27.5 Å². The zero-order chi connectivity index (χ0) is 14.1. The van der Waals surface area contributed by atoms with E-state index in [2.05, 4.69) is 15.9 Å². The molecule has 1 heterocycles. The highest BCUT2D eigenvalue weighted by Gasteiger charge is 2.15. The number of hydrogen-bond acceptors (Lipinski definition) is 2. The third kappa shape index (κ3) is 2.75. The third-order valence-corrected chi connectivity index (χ3v) is 4.21. The van der Waals surface area contributed by atoms with Gasteiger partial charge in [-0.25, -0.2) is 0 Å². The standard InChI is InChI=1S/C16H12BrClO2/c17-13-4-2-1-3-10(13)8-14(19)16-9-11-7-12(18)5-6-15(11)20-16/h1-7,9,14,19H,8H2. The van der Waals surface area contributed by atoms with Gasteiger partial charge in [-0.05, 0) is 35.9 Å². The summed E-state index contributed by atoms with van der Waals surface area (Å²) < 4.78 is 6.66. The normalized spacial score (nSPS) is 12.8. The van der Waals surface area contributed by atoms with Crippen LogP contribution < -0.4 is 0 Å². The van der Waals surface area contributed by atoms with Crippen LogP contribution in [0.4, 0.5) is 0 Å². The van der Waals surface area contributed by atoms with Gasteiger partial charge in [0.25, 0.3) is 0 Å². The van der Waals surface area contributed by atoms with Crippen LogP contribution in [0.3, 0.4) is 0 Å². The second-order valence-corrected chi connectivity index (χ2v) is 5.93. The van der Waals surface area contributed by atoms with Gasteiger partial charge in [0.05, 0.1) is 0 Å². The van der Waals surface area contributed by atoms with E-state index >= 15 is 0 Å². The molecule has 0 spiro atoms. The summed E-state index contributed by atoms with van der Waals surface area (Å²) >= 11 is 9.43. The zero-order valence-corrected chi connectivity index (χ0v) is 12.9. The maximum absolute atomic E-state index is 10.3. The van der Waals surface area contributed by atoms with Gasteiger partial charge in [-0.3, -0.25) is 0 Å². The van der Waals surface area contributed by atoms with Gasteiger partial charge in [0.2, 0.25) is 0 Å². The summed E-state index contributed by atoms with van der Waals surface area (Å²) in [5.41, 5.74) is 1.77. The molecule has 0 amide bonds. The van der Waals surface area contributed by atoms with Crippen LogP contribution in [-0.4, -0.2) is 5.11 Å². The first-order valence-corrected chi connectivity index (χ1v) is 7.41. The maximum atomic E-state index is 10.3. The molecule has 1 aromatic heterocycles. The number of furan rings is 1. The fourth-order valence-corrected chi connectivity index (χ4v) is 2.80. The molecule has 1 N–H and O–H groups in total. The first-order valence-electron chi connectivity index (χ1n) is 6.24. The van der Waals surface area contributed by atoms with Gasteiger partial charge in [0, 0.05) is 21.3 Å². The Balaban J connectivity index is 1.89. The van der Waals surface area contributed by atoms with Crippen molar-refractivity contribution in [3.8, 4) is 0 Å². The monoisotopic (exact) mass is 350 g/mol. The van der Waals surface area contributed by atoms with Crippen LogP contribution in [0.15, 0.2) is 57.4 Å². The van der Waals surface area contributed by atoms with E-state index < -0.39 is 6.10 Å². The molecule has 0 bridgehead atoms. The van der Waals surface area contributed by atoms with Crippen LogP contribution in [-0.2, 0) is 6.42 Å². The Bertz CT molecular complexity index is 751. The molecule has 20 heavy (non-hydrogen) atoms. The summed E-state index contributed by atoms with van der Waals surface area (Å²) in [6.07, 6.45) is -0.186. The van der Waals surface area contributed by atoms with Gasteiger partial charge in [-0.1, -0.05) is 45.7 Å². The quantitative estimate of drug-likeness (QED) is 0.710. The largest absolute Gasteiger partial charge is 0.458 e. The first-order chi connectivity index (χ1) is 9.63. The molecule has 3 aromatic rings. The average molecular weight is 352 g/mol. The lowest BCUT2D eigenvalue weighted by molar-refractivity contribution is 0.152. The van der Waals surface area contributed by atoms with Crippen molar-refractivity contribution in [2.75, 3.05) is 0 Å². The van der Waals surface area contributed by atoms with Crippen molar-refractivity contribution in [2.45, 2.75) is 12.5 Å². The molecule has 2 aromatic carbocycles. The summed E-state index contributed by atoms with van der Waals surface area (Å²) in [4.78, 5) is 0.